The molecule has 0 aromatic rings. The molecule has 0 aliphatic carbocycles. The van der Waals surface area contributed by atoms with Gasteiger partial charge in [-0.05, 0) is 116 Å². The minimum Gasteiger partial charge on any atom is -0.822 e. The van der Waals surface area contributed by atoms with E-state index < -0.39 is 15.6 Å². The molecule has 0 saturated heterocycles. The van der Waals surface area contributed by atoms with E-state index in [-0.39, 0.29) is 0 Å². The molecule has 0 amide bonds. The Balaban J connectivity index is -0.000000141. The third-order valence-electron chi connectivity index (χ3n) is 15.9. The molecular weight excluding hydrogens is 1140 g/mol. The molecule has 0 aliphatic rings. The van der Waals surface area contributed by atoms with E-state index in [4.69, 9.17) is 38.5 Å². The maximum absolute atomic E-state index is 8.55. The Kier molecular flexibility index (Phi) is 108. The van der Waals surface area contributed by atoms with Crippen molar-refractivity contribution in [3.8, 4) is 0 Å². The third-order valence-corrected chi connectivity index (χ3v) is 15.9. The van der Waals surface area contributed by atoms with Gasteiger partial charge in [-0.1, -0.05) is 240 Å². The summed E-state index contributed by atoms with van der Waals surface area (Å²) in [6, 6.07) is 0. The van der Waals surface area contributed by atoms with E-state index in [1.165, 1.54) is 349 Å². The summed E-state index contributed by atoms with van der Waals surface area (Å²) in [4.78, 5) is 62.3. The number of unbranched alkanes of at least 4 members (excludes halogenated alkanes) is 18. The standard InChI is InChI=1S/6C12H27N.2H3O4P/c6*1-4-7-10-13(11-8-5-2)12-9-6-3;2*1-5(2,3)4/h6*4-12H2,1-3H3;2*(H3,1,2,3,4). The molecule has 0 aromatic heterocycles. The fourth-order valence-electron chi connectivity index (χ4n) is 9.93. The molecule has 6 N–H and O–H groups in total. The van der Waals surface area contributed by atoms with Gasteiger partial charge >= 0.3 is 0 Å². The maximum Gasteiger partial charge on any atom is 0.0770 e. The normalized spacial score (nSPS) is 11.2. The van der Waals surface area contributed by atoms with E-state index in [1.54, 1.807) is 0 Å². The number of quaternary nitrogens is 6. The van der Waals surface area contributed by atoms with Gasteiger partial charge in [-0.25, -0.2) is 0 Å². The second-order valence-corrected chi connectivity index (χ2v) is 27.0. The number of rotatable bonds is 54. The van der Waals surface area contributed by atoms with Crippen molar-refractivity contribution in [2.75, 3.05) is 118 Å². The molecule has 544 valence electrons. The summed E-state index contributed by atoms with van der Waals surface area (Å²) in [6.07, 6.45) is 49.6. The van der Waals surface area contributed by atoms with Crippen molar-refractivity contribution in [3.63, 3.8) is 0 Å². The zero-order chi connectivity index (χ0) is 68.6. The lowest BCUT2D eigenvalue weighted by Crippen LogP contribution is -3.12. The van der Waals surface area contributed by atoms with Crippen LogP contribution in [0.2, 0.25) is 0 Å². The van der Waals surface area contributed by atoms with Crippen LogP contribution in [-0.4, -0.2) is 118 Å². The van der Waals surface area contributed by atoms with Crippen molar-refractivity contribution in [1.82, 2.24) is 0 Å². The Hall–Kier alpha value is -0.0200. The minimum absolute atomic E-state index is 1.35. The minimum atomic E-state index is -5.39. The van der Waals surface area contributed by atoms with Crippen LogP contribution < -0.4 is 58.8 Å². The van der Waals surface area contributed by atoms with Gasteiger partial charge in [0.1, 0.15) is 0 Å². The summed E-state index contributed by atoms with van der Waals surface area (Å²) in [5, 5.41) is 0. The largest absolute Gasteiger partial charge is 0.822 e. The van der Waals surface area contributed by atoms with Crippen molar-refractivity contribution in [1.29, 1.82) is 0 Å². The molecule has 0 aliphatic heterocycles. The van der Waals surface area contributed by atoms with Crippen LogP contribution in [0.5, 0.6) is 0 Å². The van der Waals surface area contributed by atoms with Crippen molar-refractivity contribution in [3.05, 3.63) is 0 Å². The highest BCUT2D eigenvalue weighted by atomic mass is 31.2. The first-order chi connectivity index (χ1) is 42.1. The van der Waals surface area contributed by atoms with Gasteiger partial charge in [-0.15, -0.1) is 0 Å². The predicted octanol–water partition coefficient (Wildman–Crippen LogP) is 7.98. The van der Waals surface area contributed by atoms with Crippen LogP contribution in [-0.2, 0) is 9.13 Å². The Morgan fingerprint density at radius 1 is 0.159 bits per heavy atom. The van der Waals surface area contributed by atoms with Gasteiger partial charge in [0, 0.05) is 0 Å². The second-order valence-electron chi connectivity index (χ2n) is 25.3. The van der Waals surface area contributed by atoms with Crippen molar-refractivity contribution >= 4 is 15.6 Å². The van der Waals surface area contributed by atoms with Crippen molar-refractivity contribution in [2.24, 2.45) is 0 Å². The molecular formula is C72H168N6O8P2. The highest BCUT2D eigenvalue weighted by Gasteiger charge is 2.10. The van der Waals surface area contributed by atoms with Crippen LogP contribution >= 0.6 is 15.6 Å². The summed E-state index contributed by atoms with van der Waals surface area (Å²) >= 11 is 0. The summed E-state index contributed by atoms with van der Waals surface area (Å²) < 4.78 is 17.1. The monoisotopic (exact) mass is 1310 g/mol. The average Bonchev–Trinajstić information content (AvgIpc) is 3.50. The Morgan fingerprint density at radius 2 is 0.205 bits per heavy atom. The van der Waals surface area contributed by atoms with E-state index in [0.29, 0.717) is 0 Å². The predicted molar refractivity (Wildman–Crippen MR) is 377 cm³/mol. The van der Waals surface area contributed by atoms with Gasteiger partial charge in [0.05, 0.1) is 118 Å². The zero-order valence-corrected chi connectivity index (χ0v) is 65.1. The number of phosphoric acid groups is 2. The molecule has 0 unspecified atom stereocenters. The summed E-state index contributed by atoms with van der Waals surface area (Å²) in [5.74, 6) is 0. The van der Waals surface area contributed by atoms with E-state index in [0.717, 1.165) is 0 Å². The van der Waals surface area contributed by atoms with Gasteiger partial charge in [-0.3, -0.25) is 0 Å². The maximum atomic E-state index is 8.55. The highest BCUT2D eigenvalue weighted by Crippen LogP contribution is 2.04. The molecule has 16 heteroatoms. The molecule has 0 aromatic carbocycles. The first kappa shape index (κ1) is 104. The average molecular weight is 1310 g/mol. The quantitative estimate of drug-likeness (QED) is 0.0330. The third kappa shape index (κ3) is 120. The lowest BCUT2D eigenvalue weighted by Gasteiger charge is -2.36. The number of hydrogen-bond acceptors (Lipinski definition) is 8. The lowest BCUT2D eigenvalue weighted by molar-refractivity contribution is -0.900. The van der Waals surface area contributed by atoms with Gasteiger partial charge in [0.2, 0.25) is 0 Å². The number of nitrogens with one attached hydrogen (secondary N) is 6. The summed E-state index contributed by atoms with van der Waals surface area (Å²) in [7, 11) is -10.8. The van der Waals surface area contributed by atoms with Crippen LogP contribution in [0, 0.1) is 0 Å². The van der Waals surface area contributed by atoms with Gasteiger partial charge < -0.3 is 67.9 Å². The van der Waals surface area contributed by atoms with Gasteiger partial charge in [0.15, 0.2) is 0 Å². The van der Waals surface area contributed by atoms with Gasteiger partial charge in [-0.2, -0.15) is 15.6 Å². The molecule has 0 heterocycles. The molecule has 0 spiro atoms. The fraction of sp³-hybridized carbons (Fsp3) is 1.00. The highest BCUT2D eigenvalue weighted by molar-refractivity contribution is 7.40. The first-order valence-electron chi connectivity index (χ1n) is 38.6. The molecule has 0 fully saturated rings. The SMILES string of the molecule is CCCC[NH+](CCCC)CCCC.CCCC[NH+](CCCC)CCCC.CCCC[NH+](CCCC)CCCC.CCCC[NH+](CCCC)CCCC.CCCC[NH+](CCCC)CCCC.CCCC[NH+](CCCC)CCCC.O=P([O-])([O-])[O-].O=P([O-])([O-])[O-]. The topological polar surface area (TPSA) is 199 Å². The van der Waals surface area contributed by atoms with Crippen molar-refractivity contribution in [2.45, 2.75) is 356 Å². The molecule has 0 radical (unpaired) electrons. The Labute approximate surface area is 554 Å². The van der Waals surface area contributed by atoms with Crippen molar-refractivity contribution < 1.29 is 67.9 Å². The molecule has 0 atom stereocenters. The van der Waals surface area contributed by atoms with Crippen LogP contribution in [0.15, 0.2) is 0 Å². The van der Waals surface area contributed by atoms with Crippen LogP contribution in [0.3, 0.4) is 0 Å². The van der Waals surface area contributed by atoms with E-state index >= 15 is 0 Å². The van der Waals surface area contributed by atoms with Crippen LogP contribution in [0.4, 0.5) is 0 Å². The van der Waals surface area contributed by atoms with Gasteiger partial charge in [0.25, 0.3) is 0 Å². The molecule has 14 nitrogen and oxygen atoms in total. The van der Waals surface area contributed by atoms with E-state index in [9.17, 15) is 0 Å². The second kappa shape index (κ2) is 91.2. The fourth-order valence-corrected chi connectivity index (χ4v) is 9.93. The molecule has 0 saturated carbocycles. The van der Waals surface area contributed by atoms with Crippen LogP contribution in [0.1, 0.15) is 356 Å². The van der Waals surface area contributed by atoms with Crippen LogP contribution in [0.25, 0.3) is 0 Å². The first-order valence-corrected chi connectivity index (χ1v) is 41.5. The zero-order valence-electron chi connectivity index (χ0n) is 63.3. The molecule has 88 heavy (non-hydrogen) atoms. The molecule has 0 rings (SSSR count). The lowest BCUT2D eigenvalue weighted by atomic mass is 10.2. The Morgan fingerprint density at radius 3 is 0.239 bits per heavy atom. The molecule has 0 bridgehead atoms. The van der Waals surface area contributed by atoms with E-state index in [1.807, 2.05) is 29.4 Å². The van der Waals surface area contributed by atoms with E-state index in [2.05, 4.69) is 125 Å². The summed E-state index contributed by atoms with van der Waals surface area (Å²) in [6.45, 7) is 66.4. The number of hydrogen-bond donors (Lipinski definition) is 6. The smallest absolute Gasteiger partial charge is 0.0770 e. The summed E-state index contributed by atoms with van der Waals surface area (Å²) in [5.41, 5.74) is 0. The Bertz CT molecular complexity index is 922.